The van der Waals surface area contributed by atoms with Crippen molar-refractivity contribution >= 4 is 5.97 Å². The Balaban J connectivity index is 2.38. The van der Waals surface area contributed by atoms with Crippen LogP contribution in [0.15, 0.2) is 11.6 Å². The largest absolute Gasteiger partial charge is 0.481 e. The van der Waals surface area contributed by atoms with E-state index in [0.29, 0.717) is 0 Å². The van der Waals surface area contributed by atoms with Crippen molar-refractivity contribution < 1.29 is 9.90 Å². The van der Waals surface area contributed by atoms with Crippen LogP contribution < -0.4 is 0 Å². The number of carboxylic acids is 1. The normalized spacial score (nSPS) is 18.2. The zero-order valence-corrected chi connectivity index (χ0v) is 5.97. The Kier molecular flexibility index (Phi) is 2.49. The van der Waals surface area contributed by atoms with Crippen LogP contribution in [0.1, 0.15) is 32.1 Å². The lowest BCUT2D eigenvalue weighted by atomic mass is 9.97. The second-order valence-electron chi connectivity index (χ2n) is 2.68. The standard InChI is InChI=1S/C8H12O2/c9-8(10)6-7-4-2-1-3-5-7/h4H,1-3,5-6H2,(H,9,10). The number of hydrogen-bond donors (Lipinski definition) is 1. The fourth-order valence-corrected chi connectivity index (χ4v) is 1.26. The van der Waals surface area contributed by atoms with Crippen LogP contribution >= 0.6 is 0 Å². The predicted octanol–water partition coefficient (Wildman–Crippen LogP) is 1.96. The van der Waals surface area contributed by atoms with Crippen molar-refractivity contribution in [2.75, 3.05) is 0 Å². The molecule has 56 valence electrons. The van der Waals surface area contributed by atoms with Crippen LogP contribution in [0.25, 0.3) is 0 Å². The van der Waals surface area contributed by atoms with Gasteiger partial charge in [-0.3, -0.25) is 4.79 Å². The second kappa shape index (κ2) is 3.40. The number of hydrogen-bond acceptors (Lipinski definition) is 1. The van der Waals surface area contributed by atoms with E-state index >= 15 is 0 Å². The maximum absolute atomic E-state index is 10.2. The van der Waals surface area contributed by atoms with Gasteiger partial charge in [-0.2, -0.15) is 0 Å². The van der Waals surface area contributed by atoms with Gasteiger partial charge in [0.1, 0.15) is 0 Å². The fourth-order valence-electron chi connectivity index (χ4n) is 1.26. The lowest BCUT2D eigenvalue weighted by molar-refractivity contribution is -0.136. The molecule has 0 unspecified atom stereocenters. The summed E-state index contributed by atoms with van der Waals surface area (Å²) < 4.78 is 0. The first kappa shape index (κ1) is 7.32. The highest BCUT2D eigenvalue weighted by Crippen LogP contribution is 2.19. The third-order valence-corrected chi connectivity index (χ3v) is 1.76. The summed E-state index contributed by atoms with van der Waals surface area (Å²) in [5, 5.41) is 8.42. The van der Waals surface area contributed by atoms with Crippen molar-refractivity contribution in [1.29, 1.82) is 0 Å². The first-order chi connectivity index (χ1) is 4.79. The zero-order valence-electron chi connectivity index (χ0n) is 5.97. The maximum atomic E-state index is 10.2. The Morgan fingerprint density at radius 3 is 2.90 bits per heavy atom. The van der Waals surface area contributed by atoms with Gasteiger partial charge in [-0.15, -0.1) is 0 Å². The molecule has 0 aromatic carbocycles. The smallest absolute Gasteiger partial charge is 0.307 e. The van der Waals surface area contributed by atoms with E-state index in [4.69, 9.17) is 5.11 Å². The summed E-state index contributed by atoms with van der Waals surface area (Å²) in [5.74, 6) is -0.701. The highest BCUT2D eigenvalue weighted by Gasteiger charge is 2.06. The first-order valence-corrected chi connectivity index (χ1v) is 3.69. The van der Waals surface area contributed by atoms with E-state index in [9.17, 15) is 4.79 Å². The molecule has 1 aliphatic rings. The Morgan fingerprint density at radius 2 is 2.40 bits per heavy atom. The van der Waals surface area contributed by atoms with Gasteiger partial charge >= 0.3 is 5.97 Å². The van der Waals surface area contributed by atoms with Crippen molar-refractivity contribution in [3.8, 4) is 0 Å². The van der Waals surface area contributed by atoms with Gasteiger partial charge in [0.15, 0.2) is 0 Å². The van der Waals surface area contributed by atoms with Crippen LogP contribution in [-0.2, 0) is 4.79 Å². The van der Waals surface area contributed by atoms with Crippen molar-refractivity contribution in [2.24, 2.45) is 0 Å². The van der Waals surface area contributed by atoms with Crippen LogP contribution in [0.3, 0.4) is 0 Å². The van der Waals surface area contributed by atoms with Crippen LogP contribution in [0.2, 0.25) is 0 Å². The molecule has 0 fully saturated rings. The van der Waals surface area contributed by atoms with Crippen molar-refractivity contribution in [2.45, 2.75) is 32.1 Å². The number of carboxylic acid groups (broad SMARTS) is 1. The lowest BCUT2D eigenvalue weighted by Crippen LogP contribution is -2.00. The summed E-state index contributed by atoms with van der Waals surface area (Å²) in [6.45, 7) is 0. The van der Waals surface area contributed by atoms with Gasteiger partial charge in [0.2, 0.25) is 0 Å². The highest BCUT2D eigenvalue weighted by atomic mass is 16.4. The lowest BCUT2D eigenvalue weighted by Gasteiger charge is -2.09. The van der Waals surface area contributed by atoms with Crippen LogP contribution in [0.5, 0.6) is 0 Å². The van der Waals surface area contributed by atoms with Gasteiger partial charge in [0.05, 0.1) is 6.42 Å². The quantitative estimate of drug-likeness (QED) is 0.595. The molecule has 2 nitrogen and oxygen atoms in total. The summed E-state index contributed by atoms with van der Waals surface area (Å²) >= 11 is 0. The molecule has 0 amide bonds. The molecular weight excluding hydrogens is 128 g/mol. The molecule has 0 bridgehead atoms. The van der Waals surface area contributed by atoms with E-state index in [-0.39, 0.29) is 6.42 Å². The Morgan fingerprint density at radius 1 is 1.60 bits per heavy atom. The van der Waals surface area contributed by atoms with E-state index < -0.39 is 5.97 Å². The molecule has 1 aliphatic carbocycles. The molecule has 1 N–H and O–H groups in total. The van der Waals surface area contributed by atoms with Gasteiger partial charge in [-0.1, -0.05) is 11.6 Å². The summed E-state index contributed by atoms with van der Waals surface area (Å²) in [4.78, 5) is 10.2. The summed E-state index contributed by atoms with van der Waals surface area (Å²) in [7, 11) is 0. The van der Waals surface area contributed by atoms with Gasteiger partial charge in [-0.25, -0.2) is 0 Å². The molecule has 0 aromatic rings. The number of aliphatic carboxylic acids is 1. The molecule has 0 aromatic heterocycles. The van der Waals surface area contributed by atoms with Crippen LogP contribution in [-0.4, -0.2) is 11.1 Å². The van der Waals surface area contributed by atoms with Crippen molar-refractivity contribution in [3.63, 3.8) is 0 Å². The Hall–Kier alpha value is -0.790. The van der Waals surface area contributed by atoms with Crippen LogP contribution in [0.4, 0.5) is 0 Å². The van der Waals surface area contributed by atoms with Crippen molar-refractivity contribution in [1.82, 2.24) is 0 Å². The fraction of sp³-hybridized carbons (Fsp3) is 0.625. The molecule has 1 rings (SSSR count). The molecule has 0 radical (unpaired) electrons. The third-order valence-electron chi connectivity index (χ3n) is 1.76. The minimum absolute atomic E-state index is 0.250. The topological polar surface area (TPSA) is 37.3 Å². The summed E-state index contributed by atoms with van der Waals surface area (Å²) in [5.41, 5.74) is 1.11. The minimum atomic E-state index is -0.701. The minimum Gasteiger partial charge on any atom is -0.481 e. The molecule has 0 saturated carbocycles. The maximum Gasteiger partial charge on any atom is 0.307 e. The SMILES string of the molecule is O=C(O)CC1=CCCCC1. The van der Waals surface area contributed by atoms with Gasteiger partial charge in [-0.05, 0) is 25.7 Å². The molecule has 10 heavy (non-hydrogen) atoms. The average Bonchev–Trinajstić information content (AvgIpc) is 1.88. The monoisotopic (exact) mass is 140 g/mol. The molecule has 2 heteroatoms. The zero-order chi connectivity index (χ0) is 7.40. The number of carbonyl (C=O) groups is 1. The summed E-state index contributed by atoms with van der Waals surface area (Å²) in [6.07, 6.45) is 6.77. The summed E-state index contributed by atoms with van der Waals surface area (Å²) in [6, 6.07) is 0. The van der Waals surface area contributed by atoms with E-state index in [2.05, 4.69) is 6.08 Å². The Labute approximate surface area is 60.6 Å². The third kappa shape index (κ3) is 2.21. The van der Waals surface area contributed by atoms with Gasteiger partial charge < -0.3 is 5.11 Å². The number of allylic oxidation sites excluding steroid dienone is 1. The van der Waals surface area contributed by atoms with E-state index in [0.717, 1.165) is 18.4 Å². The predicted molar refractivity (Wildman–Crippen MR) is 38.8 cm³/mol. The number of rotatable bonds is 2. The molecular formula is C8H12O2. The van der Waals surface area contributed by atoms with Gasteiger partial charge in [0.25, 0.3) is 0 Å². The first-order valence-electron chi connectivity index (χ1n) is 3.69. The molecule has 0 atom stereocenters. The molecule has 0 heterocycles. The second-order valence-corrected chi connectivity index (χ2v) is 2.68. The molecule has 0 spiro atoms. The molecule has 0 aliphatic heterocycles. The van der Waals surface area contributed by atoms with Crippen LogP contribution in [0, 0.1) is 0 Å². The van der Waals surface area contributed by atoms with E-state index in [1.807, 2.05) is 0 Å². The van der Waals surface area contributed by atoms with E-state index in [1.54, 1.807) is 0 Å². The molecule has 0 saturated heterocycles. The average molecular weight is 140 g/mol. The van der Waals surface area contributed by atoms with Gasteiger partial charge in [0, 0.05) is 0 Å². The Bertz CT molecular complexity index is 159. The van der Waals surface area contributed by atoms with E-state index in [1.165, 1.54) is 12.8 Å². The van der Waals surface area contributed by atoms with Crippen molar-refractivity contribution in [3.05, 3.63) is 11.6 Å². The highest BCUT2D eigenvalue weighted by molar-refractivity contribution is 5.70.